The molecule has 0 fully saturated rings. The highest BCUT2D eigenvalue weighted by Gasteiger charge is 2.14. The van der Waals surface area contributed by atoms with Gasteiger partial charge in [0.25, 0.3) is 0 Å². The van der Waals surface area contributed by atoms with Crippen LogP contribution in [0.3, 0.4) is 0 Å². The van der Waals surface area contributed by atoms with Crippen molar-refractivity contribution in [1.82, 2.24) is 4.98 Å². The van der Waals surface area contributed by atoms with Crippen LogP contribution in [-0.4, -0.2) is 12.1 Å². The lowest BCUT2D eigenvalue weighted by atomic mass is 10.2. The maximum Gasteiger partial charge on any atom is 0.134 e. The Morgan fingerprint density at radius 3 is 3.00 bits per heavy atom. The third-order valence-electron chi connectivity index (χ3n) is 2.09. The molecule has 1 unspecified atom stereocenters. The molecule has 0 spiro atoms. The molecule has 2 aromatic heterocycles. The molecule has 0 radical (unpaired) electrons. The molecule has 0 aliphatic carbocycles. The Kier molecular flexibility index (Phi) is 3.35. The molecule has 0 aromatic carbocycles. The maximum atomic E-state index is 6.10. The number of thiazole rings is 1. The summed E-state index contributed by atoms with van der Waals surface area (Å²) < 4.78 is 5.24. The quantitative estimate of drug-likeness (QED) is 0.893. The highest BCUT2D eigenvalue weighted by Crippen LogP contribution is 2.31. The zero-order valence-corrected chi connectivity index (χ0v) is 9.98. The first-order valence-corrected chi connectivity index (χ1v) is 6.32. The summed E-state index contributed by atoms with van der Waals surface area (Å²) in [7, 11) is 1.67. The topological polar surface area (TPSA) is 48.1 Å². The zero-order valence-electron chi connectivity index (χ0n) is 8.34. The van der Waals surface area contributed by atoms with Crippen LogP contribution in [0.5, 0.6) is 5.75 Å². The van der Waals surface area contributed by atoms with Gasteiger partial charge in [-0.15, -0.1) is 22.7 Å². The normalized spacial score (nSPS) is 12.7. The van der Waals surface area contributed by atoms with Crippen LogP contribution in [0.4, 0.5) is 0 Å². The molecular formula is C10H12N2OS2. The summed E-state index contributed by atoms with van der Waals surface area (Å²) in [4.78, 5) is 5.31. The number of hydrogen-bond acceptors (Lipinski definition) is 5. The SMILES string of the molecule is COc1ccsc1C(N)Cc1nccs1. The minimum Gasteiger partial charge on any atom is -0.496 e. The van der Waals surface area contributed by atoms with Gasteiger partial charge in [-0.2, -0.15) is 0 Å². The predicted molar refractivity (Wildman–Crippen MR) is 63.6 cm³/mol. The third kappa shape index (κ3) is 2.37. The van der Waals surface area contributed by atoms with E-state index in [4.69, 9.17) is 10.5 Å². The molecule has 2 aromatic rings. The lowest BCUT2D eigenvalue weighted by Gasteiger charge is -2.09. The number of ether oxygens (including phenoxy) is 1. The van der Waals surface area contributed by atoms with Gasteiger partial charge in [-0.25, -0.2) is 4.98 Å². The van der Waals surface area contributed by atoms with Crippen LogP contribution in [0.15, 0.2) is 23.0 Å². The van der Waals surface area contributed by atoms with Crippen LogP contribution in [0, 0.1) is 0 Å². The minimum absolute atomic E-state index is 0.0221. The van der Waals surface area contributed by atoms with E-state index in [0.717, 1.165) is 22.1 Å². The van der Waals surface area contributed by atoms with Gasteiger partial charge < -0.3 is 10.5 Å². The Balaban J connectivity index is 2.11. The molecule has 0 aliphatic rings. The van der Waals surface area contributed by atoms with E-state index >= 15 is 0 Å². The van der Waals surface area contributed by atoms with Gasteiger partial charge >= 0.3 is 0 Å². The smallest absolute Gasteiger partial charge is 0.134 e. The van der Waals surface area contributed by atoms with Crippen molar-refractivity contribution in [2.75, 3.05) is 7.11 Å². The molecule has 1 atom stereocenters. The van der Waals surface area contributed by atoms with Gasteiger partial charge in [0, 0.05) is 24.0 Å². The molecule has 2 heterocycles. The second-order valence-corrected chi connectivity index (χ2v) is 5.02. The van der Waals surface area contributed by atoms with Gasteiger partial charge in [0.15, 0.2) is 0 Å². The summed E-state index contributed by atoms with van der Waals surface area (Å²) >= 11 is 3.27. The van der Waals surface area contributed by atoms with Crippen LogP contribution in [0.2, 0.25) is 0 Å². The van der Waals surface area contributed by atoms with Crippen LogP contribution < -0.4 is 10.5 Å². The average Bonchev–Trinajstić information content (AvgIpc) is 2.86. The average molecular weight is 240 g/mol. The predicted octanol–water partition coefficient (Wildman–Crippen LogP) is 2.46. The first-order chi connectivity index (χ1) is 7.31. The van der Waals surface area contributed by atoms with Crippen molar-refractivity contribution >= 4 is 22.7 Å². The summed E-state index contributed by atoms with van der Waals surface area (Å²) in [6.45, 7) is 0. The van der Waals surface area contributed by atoms with Crippen molar-refractivity contribution < 1.29 is 4.74 Å². The summed E-state index contributed by atoms with van der Waals surface area (Å²) in [6, 6.07) is 1.92. The first-order valence-electron chi connectivity index (χ1n) is 4.56. The van der Waals surface area contributed by atoms with Gasteiger partial charge in [-0.1, -0.05) is 0 Å². The molecule has 3 nitrogen and oxygen atoms in total. The fraction of sp³-hybridized carbons (Fsp3) is 0.300. The summed E-state index contributed by atoms with van der Waals surface area (Å²) in [5.41, 5.74) is 6.10. The number of hydrogen-bond donors (Lipinski definition) is 1. The fourth-order valence-corrected chi connectivity index (χ4v) is 2.92. The van der Waals surface area contributed by atoms with E-state index in [-0.39, 0.29) is 6.04 Å². The van der Waals surface area contributed by atoms with Gasteiger partial charge in [0.1, 0.15) is 5.75 Å². The summed E-state index contributed by atoms with van der Waals surface area (Å²) in [5, 5.41) is 5.03. The fourth-order valence-electron chi connectivity index (χ4n) is 1.38. The Hall–Kier alpha value is -0.910. The van der Waals surface area contributed by atoms with Crippen molar-refractivity contribution in [3.8, 4) is 5.75 Å². The Labute approximate surface area is 96.5 Å². The van der Waals surface area contributed by atoms with Crippen molar-refractivity contribution in [3.05, 3.63) is 32.9 Å². The molecule has 2 N–H and O–H groups in total. The van der Waals surface area contributed by atoms with E-state index in [2.05, 4.69) is 4.98 Å². The highest BCUT2D eigenvalue weighted by atomic mass is 32.1. The monoisotopic (exact) mass is 240 g/mol. The minimum atomic E-state index is -0.0221. The van der Waals surface area contributed by atoms with Crippen molar-refractivity contribution in [1.29, 1.82) is 0 Å². The van der Waals surface area contributed by atoms with Gasteiger partial charge in [0.2, 0.25) is 0 Å². The highest BCUT2D eigenvalue weighted by molar-refractivity contribution is 7.10. The Morgan fingerprint density at radius 1 is 1.47 bits per heavy atom. The molecule has 0 saturated heterocycles. The molecule has 15 heavy (non-hydrogen) atoms. The first kappa shape index (κ1) is 10.6. The Morgan fingerprint density at radius 2 is 2.33 bits per heavy atom. The van der Waals surface area contributed by atoms with Crippen molar-refractivity contribution in [2.45, 2.75) is 12.5 Å². The number of nitrogens with two attached hydrogens (primary N) is 1. The molecule has 0 bridgehead atoms. The lowest BCUT2D eigenvalue weighted by molar-refractivity contribution is 0.409. The van der Waals surface area contributed by atoms with Gasteiger partial charge in [-0.3, -0.25) is 0 Å². The van der Waals surface area contributed by atoms with E-state index in [1.165, 1.54) is 0 Å². The van der Waals surface area contributed by atoms with E-state index in [1.54, 1.807) is 36.0 Å². The third-order valence-corrected chi connectivity index (χ3v) is 3.92. The Bertz CT molecular complexity index is 411. The largest absolute Gasteiger partial charge is 0.496 e. The maximum absolute atomic E-state index is 6.10. The molecule has 80 valence electrons. The van der Waals surface area contributed by atoms with Gasteiger partial charge in [-0.05, 0) is 11.4 Å². The van der Waals surface area contributed by atoms with Gasteiger partial charge in [0.05, 0.1) is 17.0 Å². The van der Waals surface area contributed by atoms with Crippen molar-refractivity contribution in [3.63, 3.8) is 0 Å². The van der Waals surface area contributed by atoms with Crippen LogP contribution in [-0.2, 0) is 6.42 Å². The second-order valence-electron chi connectivity index (χ2n) is 3.09. The zero-order chi connectivity index (χ0) is 10.7. The number of methoxy groups -OCH3 is 1. The second kappa shape index (κ2) is 4.74. The molecule has 2 rings (SSSR count). The summed E-state index contributed by atoms with van der Waals surface area (Å²) in [6.07, 6.45) is 2.58. The van der Waals surface area contributed by atoms with E-state index < -0.39 is 0 Å². The van der Waals surface area contributed by atoms with Crippen LogP contribution >= 0.6 is 22.7 Å². The standard InChI is InChI=1S/C10H12N2OS2/c1-13-8-2-4-15-10(8)7(11)6-9-12-3-5-14-9/h2-5,7H,6,11H2,1H3. The van der Waals surface area contributed by atoms with Crippen LogP contribution in [0.1, 0.15) is 15.9 Å². The van der Waals surface area contributed by atoms with Crippen LogP contribution in [0.25, 0.3) is 0 Å². The number of nitrogens with zero attached hydrogens (tertiary/aromatic N) is 1. The number of aromatic nitrogens is 1. The molecular weight excluding hydrogens is 228 g/mol. The number of thiophene rings is 1. The summed E-state index contributed by atoms with van der Waals surface area (Å²) in [5.74, 6) is 0.879. The van der Waals surface area contributed by atoms with E-state index in [1.807, 2.05) is 16.8 Å². The molecule has 5 heteroatoms. The van der Waals surface area contributed by atoms with Crippen molar-refractivity contribution in [2.24, 2.45) is 5.73 Å². The van der Waals surface area contributed by atoms with E-state index in [9.17, 15) is 0 Å². The molecule has 0 aliphatic heterocycles. The lowest BCUT2D eigenvalue weighted by Crippen LogP contribution is -2.12. The van der Waals surface area contributed by atoms with E-state index in [0.29, 0.717) is 0 Å². The molecule has 0 saturated carbocycles. The molecule has 0 amide bonds. The number of rotatable bonds is 4.